The Morgan fingerprint density at radius 2 is 2.20 bits per heavy atom. The average molecular weight is 143 g/mol. The Morgan fingerprint density at radius 3 is 2.70 bits per heavy atom. The van der Waals surface area contributed by atoms with E-state index in [1.165, 1.54) is 0 Å². The van der Waals surface area contributed by atoms with Crippen LogP contribution in [0.5, 0.6) is 0 Å². The van der Waals surface area contributed by atoms with Crippen LogP contribution in [0.3, 0.4) is 0 Å². The van der Waals surface area contributed by atoms with E-state index in [4.69, 9.17) is 5.26 Å². The summed E-state index contributed by atoms with van der Waals surface area (Å²) in [5.74, 6) is 0. The van der Waals surface area contributed by atoms with E-state index < -0.39 is 6.17 Å². The van der Waals surface area contributed by atoms with Crippen LogP contribution in [0, 0.1) is 11.3 Å². The largest absolute Gasteiger partial charge is 0.246 e. The molecular weight excluding hydrogens is 129 g/mol. The van der Waals surface area contributed by atoms with Crippen LogP contribution in [0.15, 0.2) is 0 Å². The van der Waals surface area contributed by atoms with E-state index in [9.17, 15) is 4.39 Å². The summed E-state index contributed by atoms with van der Waals surface area (Å²) in [6, 6.07) is 1.82. The molecular formula is C8H14FN. The second kappa shape index (κ2) is 6.54. The lowest BCUT2D eigenvalue weighted by atomic mass is 10.1. The smallest absolute Gasteiger partial charge is 0.113 e. The number of rotatable bonds is 5. The third-order valence-electron chi connectivity index (χ3n) is 1.43. The molecule has 10 heavy (non-hydrogen) atoms. The van der Waals surface area contributed by atoms with Gasteiger partial charge in [0.05, 0.1) is 12.5 Å². The van der Waals surface area contributed by atoms with Gasteiger partial charge in [-0.15, -0.1) is 0 Å². The normalized spacial score (nSPS) is 12.5. The summed E-state index contributed by atoms with van der Waals surface area (Å²) in [6.45, 7) is 2.08. The summed E-state index contributed by atoms with van der Waals surface area (Å²) in [7, 11) is 0. The molecule has 0 fully saturated rings. The number of unbranched alkanes of at least 4 members (excludes halogenated alkanes) is 2. The summed E-state index contributed by atoms with van der Waals surface area (Å²) < 4.78 is 12.5. The minimum atomic E-state index is -0.892. The lowest BCUT2D eigenvalue weighted by Gasteiger charge is -2.00. The first-order chi connectivity index (χ1) is 4.81. The van der Waals surface area contributed by atoms with Gasteiger partial charge in [-0.3, -0.25) is 0 Å². The molecule has 0 rings (SSSR count). The third kappa shape index (κ3) is 5.55. The van der Waals surface area contributed by atoms with E-state index in [2.05, 4.69) is 6.92 Å². The number of nitrogens with zero attached hydrogens (tertiary/aromatic N) is 1. The molecule has 0 aliphatic heterocycles. The minimum absolute atomic E-state index is 0.0592. The van der Waals surface area contributed by atoms with Crippen molar-refractivity contribution in [3.8, 4) is 6.07 Å². The van der Waals surface area contributed by atoms with E-state index in [0.29, 0.717) is 6.42 Å². The van der Waals surface area contributed by atoms with Gasteiger partial charge in [0.15, 0.2) is 0 Å². The number of hydrogen-bond acceptors (Lipinski definition) is 1. The summed E-state index contributed by atoms with van der Waals surface area (Å²) in [5.41, 5.74) is 0. The molecule has 0 radical (unpaired) electrons. The van der Waals surface area contributed by atoms with Crippen LogP contribution in [0.4, 0.5) is 4.39 Å². The predicted octanol–water partition coefficient (Wildman–Crippen LogP) is 2.82. The maximum atomic E-state index is 12.5. The fraction of sp³-hybridized carbons (Fsp3) is 0.875. The van der Waals surface area contributed by atoms with Crippen molar-refractivity contribution in [1.29, 1.82) is 5.26 Å². The van der Waals surface area contributed by atoms with E-state index >= 15 is 0 Å². The lowest BCUT2D eigenvalue weighted by molar-refractivity contribution is 0.310. The van der Waals surface area contributed by atoms with Crippen molar-refractivity contribution in [1.82, 2.24) is 0 Å². The fourth-order valence-corrected chi connectivity index (χ4v) is 0.817. The molecule has 0 bridgehead atoms. The predicted molar refractivity (Wildman–Crippen MR) is 39.3 cm³/mol. The van der Waals surface area contributed by atoms with E-state index in [1.54, 1.807) is 0 Å². The first kappa shape index (κ1) is 9.42. The SMILES string of the molecule is CCCCC[C@H](F)CC#N. The number of hydrogen-bond donors (Lipinski definition) is 0. The van der Waals surface area contributed by atoms with Crippen LogP contribution in [0.25, 0.3) is 0 Å². The molecule has 58 valence electrons. The summed E-state index contributed by atoms with van der Waals surface area (Å²) in [5, 5.41) is 8.10. The molecule has 2 heteroatoms. The molecule has 1 nitrogen and oxygen atoms in total. The topological polar surface area (TPSA) is 23.8 Å². The maximum absolute atomic E-state index is 12.5. The first-order valence-electron chi connectivity index (χ1n) is 3.82. The monoisotopic (exact) mass is 143 g/mol. The highest BCUT2D eigenvalue weighted by Crippen LogP contribution is 2.08. The van der Waals surface area contributed by atoms with Crippen molar-refractivity contribution < 1.29 is 4.39 Å². The Bertz CT molecular complexity index is 106. The zero-order chi connectivity index (χ0) is 7.82. The van der Waals surface area contributed by atoms with Gasteiger partial charge in [-0.2, -0.15) is 5.26 Å². The van der Waals surface area contributed by atoms with Crippen LogP contribution in [0.2, 0.25) is 0 Å². The molecule has 0 saturated heterocycles. The second-order valence-electron chi connectivity index (χ2n) is 2.46. The van der Waals surface area contributed by atoms with Gasteiger partial charge in [0.2, 0.25) is 0 Å². The van der Waals surface area contributed by atoms with E-state index in [1.807, 2.05) is 6.07 Å². The average Bonchev–Trinajstić information content (AvgIpc) is 1.89. The van der Waals surface area contributed by atoms with Crippen LogP contribution in [-0.2, 0) is 0 Å². The maximum Gasteiger partial charge on any atom is 0.113 e. The highest BCUT2D eigenvalue weighted by Gasteiger charge is 2.03. The zero-order valence-electron chi connectivity index (χ0n) is 6.44. The van der Waals surface area contributed by atoms with E-state index in [-0.39, 0.29) is 6.42 Å². The van der Waals surface area contributed by atoms with E-state index in [0.717, 1.165) is 19.3 Å². The van der Waals surface area contributed by atoms with Gasteiger partial charge in [0.1, 0.15) is 6.17 Å². The fourth-order valence-electron chi connectivity index (χ4n) is 0.817. The molecule has 0 aromatic heterocycles. The summed E-state index contributed by atoms with van der Waals surface area (Å²) in [6.07, 6.45) is 2.83. The number of alkyl halides is 1. The molecule has 0 amide bonds. The van der Waals surface area contributed by atoms with Crippen molar-refractivity contribution in [2.24, 2.45) is 0 Å². The van der Waals surface area contributed by atoms with Gasteiger partial charge in [0, 0.05) is 0 Å². The molecule has 0 heterocycles. The number of halogens is 1. The molecule has 0 aliphatic carbocycles. The molecule has 1 atom stereocenters. The highest BCUT2D eigenvalue weighted by molar-refractivity contribution is 4.74. The summed E-state index contributed by atoms with van der Waals surface area (Å²) in [4.78, 5) is 0. The van der Waals surface area contributed by atoms with Gasteiger partial charge in [0.25, 0.3) is 0 Å². The molecule has 0 aromatic carbocycles. The Hall–Kier alpha value is -0.580. The molecule has 0 saturated carbocycles. The van der Waals surface area contributed by atoms with Crippen molar-refractivity contribution in [2.75, 3.05) is 0 Å². The summed E-state index contributed by atoms with van der Waals surface area (Å²) >= 11 is 0. The van der Waals surface area contributed by atoms with Crippen LogP contribution in [-0.4, -0.2) is 6.17 Å². The van der Waals surface area contributed by atoms with Crippen LogP contribution >= 0.6 is 0 Å². The van der Waals surface area contributed by atoms with Gasteiger partial charge in [-0.05, 0) is 6.42 Å². The van der Waals surface area contributed by atoms with Crippen molar-refractivity contribution in [2.45, 2.75) is 45.2 Å². The quantitative estimate of drug-likeness (QED) is 0.543. The lowest BCUT2D eigenvalue weighted by Crippen LogP contribution is -1.97. The highest BCUT2D eigenvalue weighted by atomic mass is 19.1. The van der Waals surface area contributed by atoms with Gasteiger partial charge >= 0.3 is 0 Å². The zero-order valence-corrected chi connectivity index (χ0v) is 6.44. The molecule has 0 N–H and O–H groups in total. The van der Waals surface area contributed by atoms with Gasteiger partial charge in [-0.1, -0.05) is 26.2 Å². The first-order valence-corrected chi connectivity index (χ1v) is 3.82. The van der Waals surface area contributed by atoms with Crippen LogP contribution in [0.1, 0.15) is 39.0 Å². The van der Waals surface area contributed by atoms with Crippen molar-refractivity contribution in [3.63, 3.8) is 0 Å². The third-order valence-corrected chi connectivity index (χ3v) is 1.43. The minimum Gasteiger partial charge on any atom is -0.246 e. The Morgan fingerprint density at radius 1 is 1.50 bits per heavy atom. The van der Waals surface area contributed by atoms with Gasteiger partial charge in [-0.25, -0.2) is 4.39 Å². The van der Waals surface area contributed by atoms with Crippen molar-refractivity contribution >= 4 is 0 Å². The molecule has 0 spiro atoms. The molecule has 0 aliphatic rings. The Labute approximate surface area is 61.9 Å². The number of nitriles is 1. The van der Waals surface area contributed by atoms with Crippen LogP contribution < -0.4 is 0 Å². The van der Waals surface area contributed by atoms with Gasteiger partial charge < -0.3 is 0 Å². The molecule has 0 aromatic rings. The Kier molecular flexibility index (Phi) is 6.16. The Balaban J connectivity index is 3.06. The molecule has 0 unspecified atom stereocenters. The van der Waals surface area contributed by atoms with Crippen molar-refractivity contribution in [3.05, 3.63) is 0 Å². The second-order valence-corrected chi connectivity index (χ2v) is 2.46. The standard InChI is InChI=1S/C8H14FN/c1-2-3-4-5-8(9)6-7-10/h8H,2-6H2,1H3/t8-/m0/s1.